The summed E-state index contributed by atoms with van der Waals surface area (Å²) in [5, 5.41) is 4.32. The summed E-state index contributed by atoms with van der Waals surface area (Å²) in [6.45, 7) is 4.32. The molecule has 1 N–H and O–H groups in total. The second-order valence-electron chi connectivity index (χ2n) is 10.6. The third-order valence-electron chi connectivity index (χ3n) is 7.20. The molecule has 0 radical (unpaired) electrons. The minimum Gasteiger partial charge on any atom is -0.378 e. The molecular weight excluding hydrogens is 544 g/mol. The lowest BCUT2D eigenvalue weighted by Gasteiger charge is -2.40. The van der Waals surface area contributed by atoms with E-state index in [1.165, 1.54) is 0 Å². The Bertz CT molecular complexity index is 1430. The van der Waals surface area contributed by atoms with Crippen molar-refractivity contribution in [2.75, 3.05) is 19.0 Å². The van der Waals surface area contributed by atoms with Crippen molar-refractivity contribution in [2.45, 2.75) is 26.2 Å². The monoisotopic (exact) mass is 572 g/mol. The van der Waals surface area contributed by atoms with Crippen molar-refractivity contribution >= 4 is 50.8 Å². The second-order valence-corrected chi connectivity index (χ2v) is 11.9. The van der Waals surface area contributed by atoms with E-state index in [2.05, 4.69) is 88.5 Å². The van der Waals surface area contributed by atoms with E-state index in [1.807, 2.05) is 50.5 Å². The van der Waals surface area contributed by atoms with Gasteiger partial charge in [-0.3, -0.25) is 4.79 Å². The topological polar surface area (TPSA) is 32.3 Å². The van der Waals surface area contributed by atoms with Gasteiger partial charge >= 0.3 is 0 Å². The number of nitrogens with one attached hydrogen (secondary N) is 1. The summed E-state index contributed by atoms with van der Waals surface area (Å²) in [7, 11) is 4.05. The summed E-state index contributed by atoms with van der Waals surface area (Å²) < 4.78 is 1.03. The van der Waals surface area contributed by atoms with Gasteiger partial charge in [0.2, 0.25) is 0 Å². The van der Waals surface area contributed by atoms with E-state index in [0.29, 0.717) is 5.02 Å². The fraction of sp³-hybridized carbons (Fsp3) is 0.219. The van der Waals surface area contributed by atoms with E-state index in [9.17, 15) is 4.79 Å². The molecule has 0 amide bonds. The summed E-state index contributed by atoms with van der Waals surface area (Å²) in [5.74, 6) is -0.0724. The van der Waals surface area contributed by atoms with E-state index in [-0.39, 0.29) is 17.1 Å². The SMILES string of the molecule is CN(C)c1ccc(/C=C2\C(=O)C3=C(CC2(C)C)NC(c2ccc(Br)cc2)=CC3c2ccc(Cl)cc2)cc1. The molecule has 0 saturated heterocycles. The molecule has 0 fully saturated rings. The highest BCUT2D eigenvalue weighted by Crippen LogP contribution is 2.48. The number of carbonyl (C=O) groups excluding carboxylic acids is 1. The van der Waals surface area contributed by atoms with Crippen molar-refractivity contribution in [1.29, 1.82) is 0 Å². The van der Waals surface area contributed by atoms with Crippen LogP contribution in [0.1, 0.15) is 42.9 Å². The molecule has 5 heteroatoms. The number of hydrogen-bond acceptors (Lipinski definition) is 3. The number of halogens is 2. The number of rotatable bonds is 4. The molecule has 2 aliphatic rings. The van der Waals surface area contributed by atoms with Crippen molar-refractivity contribution in [3.63, 3.8) is 0 Å². The Hall–Kier alpha value is -3.08. The number of allylic oxidation sites excluding steroid dienone is 4. The molecule has 1 heterocycles. The van der Waals surface area contributed by atoms with Gasteiger partial charge in [-0.2, -0.15) is 0 Å². The summed E-state index contributed by atoms with van der Waals surface area (Å²) in [4.78, 5) is 16.3. The van der Waals surface area contributed by atoms with Crippen molar-refractivity contribution in [1.82, 2.24) is 5.32 Å². The average Bonchev–Trinajstić information content (AvgIpc) is 2.86. The first-order valence-electron chi connectivity index (χ1n) is 12.4. The zero-order valence-corrected chi connectivity index (χ0v) is 23.8. The maximum Gasteiger partial charge on any atom is 0.188 e. The first kappa shape index (κ1) is 25.6. The fourth-order valence-electron chi connectivity index (χ4n) is 5.14. The van der Waals surface area contributed by atoms with Crippen LogP contribution < -0.4 is 10.2 Å². The number of anilines is 1. The second kappa shape index (κ2) is 10.00. The van der Waals surface area contributed by atoms with Crippen LogP contribution in [0.4, 0.5) is 5.69 Å². The van der Waals surface area contributed by atoms with Crippen LogP contribution in [-0.4, -0.2) is 19.9 Å². The molecule has 3 aromatic carbocycles. The Labute approximate surface area is 232 Å². The third-order valence-corrected chi connectivity index (χ3v) is 7.98. The highest BCUT2D eigenvalue weighted by molar-refractivity contribution is 9.10. The molecule has 0 spiro atoms. The Morgan fingerprint density at radius 2 is 1.62 bits per heavy atom. The lowest BCUT2D eigenvalue weighted by molar-refractivity contribution is -0.113. The molecule has 1 unspecified atom stereocenters. The first-order valence-corrected chi connectivity index (χ1v) is 13.6. The Balaban J connectivity index is 1.60. The summed E-state index contributed by atoms with van der Waals surface area (Å²) in [6.07, 6.45) is 4.98. The predicted octanol–water partition coefficient (Wildman–Crippen LogP) is 8.23. The van der Waals surface area contributed by atoms with Crippen molar-refractivity contribution in [2.24, 2.45) is 5.41 Å². The first-order chi connectivity index (χ1) is 17.6. The minimum atomic E-state index is -0.324. The molecule has 3 nitrogen and oxygen atoms in total. The van der Waals surface area contributed by atoms with E-state index < -0.39 is 0 Å². The number of benzene rings is 3. The molecule has 1 aliphatic carbocycles. The van der Waals surface area contributed by atoms with Crippen LogP contribution in [0, 0.1) is 5.41 Å². The maximum absolute atomic E-state index is 14.3. The van der Waals surface area contributed by atoms with Gasteiger partial charge in [-0.15, -0.1) is 0 Å². The van der Waals surface area contributed by atoms with Gasteiger partial charge in [-0.1, -0.05) is 77.8 Å². The Morgan fingerprint density at radius 1 is 0.973 bits per heavy atom. The van der Waals surface area contributed by atoms with Crippen molar-refractivity contribution in [3.05, 3.63) is 122 Å². The number of Topliss-reactive ketones (excluding diaryl/α,β-unsaturated/α-hetero) is 1. The largest absolute Gasteiger partial charge is 0.378 e. The molecule has 37 heavy (non-hydrogen) atoms. The number of carbonyl (C=O) groups is 1. The zero-order valence-electron chi connectivity index (χ0n) is 21.5. The van der Waals surface area contributed by atoms with Gasteiger partial charge in [0.25, 0.3) is 0 Å². The number of dihydropyridines is 1. The van der Waals surface area contributed by atoms with Gasteiger partial charge < -0.3 is 10.2 Å². The maximum atomic E-state index is 14.3. The van der Waals surface area contributed by atoms with Crippen LogP contribution in [0.3, 0.4) is 0 Å². The van der Waals surface area contributed by atoms with Gasteiger partial charge in [0.1, 0.15) is 0 Å². The minimum absolute atomic E-state index is 0.0986. The number of hydrogen-bond donors (Lipinski definition) is 1. The van der Waals surface area contributed by atoms with Crippen LogP contribution in [0.15, 0.2) is 100 Å². The van der Waals surface area contributed by atoms with E-state index >= 15 is 0 Å². The summed E-state index contributed by atoms with van der Waals surface area (Å²) >= 11 is 9.75. The standard InChI is InChI=1S/C32H30BrClN2O/c1-32(2)19-29-30(31(37)27(32)17-20-5-15-25(16-6-20)36(3)4)26(21-9-13-24(34)14-10-21)18-28(35-29)22-7-11-23(33)12-8-22/h5-18,26,35H,19H2,1-4H3/b27-17+. The molecule has 188 valence electrons. The quantitative estimate of drug-likeness (QED) is 0.319. The highest BCUT2D eigenvalue weighted by Gasteiger charge is 2.42. The third kappa shape index (κ3) is 5.18. The van der Waals surface area contributed by atoms with Crippen LogP contribution in [-0.2, 0) is 4.79 Å². The molecule has 0 aromatic heterocycles. The van der Waals surface area contributed by atoms with Crippen LogP contribution in [0.2, 0.25) is 5.02 Å². The smallest absolute Gasteiger partial charge is 0.188 e. The molecule has 5 rings (SSSR count). The van der Waals surface area contributed by atoms with Gasteiger partial charge in [-0.25, -0.2) is 0 Å². The summed E-state index contributed by atoms with van der Waals surface area (Å²) in [6, 6.07) is 24.4. The highest BCUT2D eigenvalue weighted by atomic mass is 79.9. The molecule has 0 bridgehead atoms. The zero-order chi connectivity index (χ0) is 26.3. The molecule has 3 aromatic rings. The molecule has 0 saturated carbocycles. The van der Waals surface area contributed by atoms with Crippen LogP contribution in [0.5, 0.6) is 0 Å². The molecule has 1 aliphatic heterocycles. The van der Waals surface area contributed by atoms with Gasteiger partial charge in [0, 0.05) is 57.7 Å². The van der Waals surface area contributed by atoms with Gasteiger partial charge in [0.15, 0.2) is 5.78 Å². The van der Waals surface area contributed by atoms with Crippen molar-refractivity contribution < 1.29 is 4.79 Å². The normalized spacial score (nSPS) is 19.8. The van der Waals surface area contributed by atoms with E-state index in [1.54, 1.807) is 0 Å². The Kier molecular flexibility index (Phi) is 6.91. The molecular formula is C32H30BrClN2O. The summed E-state index contributed by atoms with van der Waals surface area (Å²) in [5.41, 5.74) is 7.64. The lowest BCUT2D eigenvalue weighted by atomic mass is 9.67. The van der Waals surface area contributed by atoms with Gasteiger partial charge in [-0.05, 0) is 77.1 Å². The van der Waals surface area contributed by atoms with Crippen LogP contribution >= 0.6 is 27.5 Å². The lowest BCUT2D eigenvalue weighted by Crippen LogP contribution is -2.37. The van der Waals surface area contributed by atoms with Crippen molar-refractivity contribution in [3.8, 4) is 0 Å². The van der Waals surface area contributed by atoms with Crippen LogP contribution in [0.25, 0.3) is 11.8 Å². The average molecular weight is 574 g/mol. The van der Waals surface area contributed by atoms with Gasteiger partial charge in [0.05, 0.1) is 0 Å². The Morgan fingerprint density at radius 3 is 2.24 bits per heavy atom. The predicted molar refractivity (Wildman–Crippen MR) is 159 cm³/mol. The fourth-order valence-corrected chi connectivity index (χ4v) is 5.53. The molecule has 1 atom stereocenters. The number of ketones is 1. The van der Waals surface area contributed by atoms with E-state index in [4.69, 9.17) is 11.6 Å². The van der Waals surface area contributed by atoms with E-state index in [0.717, 1.165) is 55.8 Å². The number of nitrogens with zero attached hydrogens (tertiary/aromatic N) is 1.